The highest BCUT2D eigenvalue weighted by molar-refractivity contribution is 6.30. The zero-order chi connectivity index (χ0) is 25.5. The number of carbonyl (C=O) groups excluding carboxylic acids is 1. The van der Waals surface area contributed by atoms with E-state index in [9.17, 15) is 4.79 Å². The second kappa shape index (κ2) is 8.36. The highest BCUT2D eigenvalue weighted by atomic mass is 35.5. The molecule has 5 nitrogen and oxygen atoms in total. The molecule has 1 saturated heterocycles. The summed E-state index contributed by atoms with van der Waals surface area (Å²) < 4.78 is 12.1. The third-order valence-electron chi connectivity index (χ3n) is 8.71. The molecule has 0 aromatic heterocycles. The lowest BCUT2D eigenvalue weighted by molar-refractivity contribution is 0.0184. The number of fused-ring (bicyclic) bond motifs is 6. The van der Waals surface area contributed by atoms with Crippen LogP contribution in [0.25, 0.3) is 16.7 Å². The SMILES string of the molecule is CC(C)(C)OC(=O)N1C(C2=NC3=C(C2)c2cc4c(cc2CC3)-c2ccc(Cl)cc2CO4)C[C@@H]2CCC[C@@H]21. The van der Waals surface area contributed by atoms with Gasteiger partial charge in [-0.3, -0.25) is 9.89 Å². The van der Waals surface area contributed by atoms with Crippen LogP contribution in [0.2, 0.25) is 5.02 Å². The van der Waals surface area contributed by atoms with Crippen molar-refractivity contribution < 1.29 is 14.3 Å². The van der Waals surface area contributed by atoms with E-state index in [4.69, 9.17) is 26.1 Å². The fourth-order valence-corrected chi connectivity index (χ4v) is 7.37. The lowest BCUT2D eigenvalue weighted by Crippen LogP contribution is -2.47. The topological polar surface area (TPSA) is 51.1 Å². The fourth-order valence-electron chi connectivity index (χ4n) is 7.17. The second-order valence-corrected chi connectivity index (χ2v) is 12.6. The minimum atomic E-state index is -0.505. The minimum absolute atomic E-state index is 0.0321. The maximum atomic E-state index is 13.4. The van der Waals surface area contributed by atoms with Crippen LogP contribution in [0.15, 0.2) is 41.0 Å². The lowest BCUT2D eigenvalue weighted by atomic mass is 9.84. The summed E-state index contributed by atoms with van der Waals surface area (Å²) in [5, 5.41) is 0.741. The molecule has 3 aliphatic heterocycles. The Bertz CT molecular complexity index is 1390. The first-order chi connectivity index (χ1) is 17.7. The number of halogens is 1. The monoisotopic (exact) mass is 516 g/mol. The molecule has 2 fully saturated rings. The molecule has 0 N–H and O–H groups in total. The highest BCUT2D eigenvalue weighted by Gasteiger charge is 2.49. The van der Waals surface area contributed by atoms with E-state index < -0.39 is 5.60 Å². The largest absolute Gasteiger partial charge is 0.488 e. The number of ether oxygens (including phenoxy) is 2. The zero-order valence-electron chi connectivity index (χ0n) is 21.8. The number of rotatable bonds is 1. The van der Waals surface area contributed by atoms with E-state index in [0.717, 1.165) is 59.7 Å². The van der Waals surface area contributed by atoms with Gasteiger partial charge in [0.05, 0.1) is 6.04 Å². The normalized spacial score (nSPS) is 25.6. The number of amides is 1. The lowest BCUT2D eigenvalue weighted by Gasteiger charge is -2.32. The van der Waals surface area contributed by atoms with Gasteiger partial charge < -0.3 is 9.47 Å². The van der Waals surface area contributed by atoms with E-state index in [0.29, 0.717) is 12.5 Å². The number of likely N-dealkylation sites (tertiary alicyclic amines) is 1. The van der Waals surface area contributed by atoms with Crippen LogP contribution >= 0.6 is 11.6 Å². The Morgan fingerprint density at radius 1 is 1.08 bits per heavy atom. The van der Waals surface area contributed by atoms with Crippen molar-refractivity contribution >= 4 is 29.0 Å². The summed E-state index contributed by atoms with van der Waals surface area (Å²) in [5.74, 6) is 1.49. The number of hydrogen-bond acceptors (Lipinski definition) is 4. The maximum absolute atomic E-state index is 13.4. The molecule has 0 radical (unpaired) electrons. The number of nitrogens with zero attached hydrogens (tertiary/aromatic N) is 2. The van der Waals surface area contributed by atoms with Crippen LogP contribution in [-0.4, -0.2) is 34.4 Å². The second-order valence-electron chi connectivity index (χ2n) is 12.2. The summed E-state index contributed by atoms with van der Waals surface area (Å²) in [5.41, 5.74) is 9.24. The first-order valence-electron chi connectivity index (χ1n) is 13.6. The molecule has 0 bridgehead atoms. The van der Waals surface area contributed by atoms with Gasteiger partial charge in [0.25, 0.3) is 0 Å². The molecule has 5 aliphatic rings. The zero-order valence-corrected chi connectivity index (χ0v) is 22.5. The Morgan fingerprint density at radius 3 is 2.78 bits per heavy atom. The van der Waals surface area contributed by atoms with Crippen LogP contribution < -0.4 is 4.74 Å². The molecule has 0 spiro atoms. The molecule has 3 atom stereocenters. The average molecular weight is 517 g/mol. The van der Waals surface area contributed by atoms with E-state index in [1.54, 1.807) is 0 Å². The van der Waals surface area contributed by atoms with Crippen molar-refractivity contribution in [1.29, 1.82) is 0 Å². The summed E-state index contributed by atoms with van der Waals surface area (Å²) in [7, 11) is 0. The van der Waals surface area contributed by atoms with E-state index in [1.165, 1.54) is 40.8 Å². The fraction of sp³-hybridized carbons (Fsp3) is 0.484. The van der Waals surface area contributed by atoms with Gasteiger partial charge in [-0.25, -0.2) is 4.79 Å². The quantitative estimate of drug-likeness (QED) is 0.392. The third kappa shape index (κ3) is 3.89. The van der Waals surface area contributed by atoms with Crippen LogP contribution in [0.5, 0.6) is 5.75 Å². The van der Waals surface area contributed by atoms with Crippen LogP contribution in [0.3, 0.4) is 0 Å². The van der Waals surface area contributed by atoms with Crippen molar-refractivity contribution in [3.63, 3.8) is 0 Å². The van der Waals surface area contributed by atoms with Gasteiger partial charge in [-0.1, -0.05) is 24.1 Å². The maximum Gasteiger partial charge on any atom is 0.411 e. The van der Waals surface area contributed by atoms with Gasteiger partial charge in [0.1, 0.15) is 18.0 Å². The minimum Gasteiger partial charge on any atom is -0.488 e. The van der Waals surface area contributed by atoms with Crippen molar-refractivity contribution in [2.75, 3.05) is 0 Å². The van der Waals surface area contributed by atoms with E-state index in [1.807, 2.05) is 32.9 Å². The number of allylic oxidation sites excluding steroid dienone is 2. The molecule has 37 heavy (non-hydrogen) atoms. The van der Waals surface area contributed by atoms with E-state index in [2.05, 4.69) is 23.1 Å². The Kier molecular flexibility index (Phi) is 5.27. The Balaban J connectivity index is 1.19. The molecule has 2 aliphatic carbocycles. The molecule has 2 aromatic carbocycles. The molecule has 7 rings (SSSR count). The smallest absolute Gasteiger partial charge is 0.411 e. The molecule has 2 aromatic rings. The molecule has 3 heterocycles. The summed E-state index contributed by atoms with van der Waals surface area (Å²) in [6, 6.07) is 10.9. The summed E-state index contributed by atoms with van der Waals surface area (Å²) in [6.07, 6.45) is 6.98. The van der Waals surface area contributed by atoms with Crippen molar-refractivity contribution in [2.24, 2.45) is 10.9 Å². The van der Waals surface area contributed by atoms with Gasteiger partial charge in [-0.05, 0) is 111 Å². The van der Waals surface area contributed by atoms with Gasteiger partial charge in [0.2, 0.25) is 0 Å². The molecular weight excluding hydrogens is 484 g/mol. The number of aliphatic imine (C=N–C) groups is 1. The van der Waals surface area contributed by atoms with E-state index in [-0.39, 0.29) is 18.2 Å². The average Bonchev–Trinajstić information content (AvgIpc) is 3.55. The van der Waals surface area contributed by atoms with Crippen LogP contribution in [0.4, 0.5) is 4.79 Å². The van der Waals surface area contributed by atoms with Crippen LogP contribution in [0.1, 0.15) is 76.0 Å². The van der Waals surface area contributed by atoms with Gasteiger partial charge >= 0.3 is 6.09 Å². The molecule has 6 heteroatoms. The van der Waals surface area contributed by atoms with Crippen molar-refractivity contribution in [3.8, 4) is 16.9 Å². The molecular formula is C31H33ClN2O3. The predicted molar refractivity (Wildman–Crippen MR) is 146 cm³/mol. The van der Waals surface area contributed by atoms with Crippen molar-refractivity contribution in [1.82, 2.24) is 4.90 Å². The molecule has 1 unspecified atom stereocenters. The van der Waals surface area contributed by atoms with Gasteiger partial charge in [0.15, 0.2) is 0 Å². The first-order valence-corrected chi connectivity index (χ1v) is 14.0. The van der Waals surface area contributed by atoms with Gasteiger partial charge in [-0.2, -0.15) is 0 Å². The summed E-state index contributed by atoms with van der Waals surface area (Å²) in [4.78, 5) is 20.6. The summed E-state index contributed by atoms with van der Waals surface area (Å²) in [6.45, 7) is 6.37. The Labute approximate surface area is 223 Å². The van der Waals surface area contributed by atoms with Gasteiger partial charge in [-0.15, -0.1) is 0 Å². The predicted octanol–water partition coefficient (Wildman–Crippen LogP) is 7.58. The molecule has 1 amide bonds. The molecule has 192 valence electrons. The first kappa shape index (κ1) is 23.3. The third-order valence-corrected chi connectivity index (χ3v) is 8.95. The highest BCUT2D eigenvalue weighted by Crippen LogP contribution is 2.48. The number of carbonyl (C=O) groups is 1. The number of aryl methyl sites for hydroxylation is 1. The number of benzene rings is 2. The summed E-state index contributed by atoms with van der Waals surface area (Å²) >= 11 is 6.23. The number of hydrogen-bond donors (Lipinski definition) is 0. The van der Waals surface area contributed by atoms with E-state index >= 15 is 0 Å². The standard InChI is InChI=1S/C31H33ClN2O3/c1-31(2,3)37-30(35)34-27-6-4-5-18(27)13-28(34)26-14-23-22-15-29-24(12-17(22)7-10-25(23)33-26)21-9-8-20(32)11-19(21)16-36-29/h8-9,11-12,15,18,27-28H,4-7,10,13-14,16H2,1-3H3/t18-,27-,28?/m0/s1. The van der Waals surface area contributed by atoms with Crippen molar-refractivity contribution in [2.45, 2.75) is 90.0 Å². The Morgan fingerprint density at radius 2 is 1.95 bits per heavy atom. The van der Waals surface area contributed by atoms with Gasteiger partial charge in [0, 0.05) is 34.5 Å². The molecule has 1 saturated carbocycles. The Hall–Kier alpha value is -2.79. The van der Waals surface area contributed by atoms with Crippen LogP contribution in [-0.2, 0) is 17.8 Å². The van der Waals surface area contributed by atoms with Crippen LogP contribution in [0, 0.1) is 5.92 Å². The van der Waals surface area contributed by atoms with Crippen molar-refractivity contribution in [3.05, 3.63) is 57.7 Å².